The van der Waals surface area contributed by atoms with Crippen molar-refractivity contribution in [3.63, 3.8) is 0 Å². The maximum absolute atomic E-state index is 12.8. The molecule has 1 fully saturated rings. The van der Waals surface area contributed by atoms with Gasteiger partial charge in [-0.25, -0.2) is 0 Å². The van der Waals surface area contributed by atoms with Crippen LogP contribution >= 0.6 is 0 Å². The van der Waals surface area contributed by atoms with E-state index in [1.807, 2.05) is 12.1 Å². The third kappa shape index (κ3) is 5.76. The molecule has 0 spiro atoms. The monoisotopic (exact) mass is 441 g/mol. The van der Waals surface area contributed by atoms with Gasteiger partial charge in [0.15, 0.2) is 11.5 Å². The fraction of sp³-hybridized carbons (Fsp3) is 0.348. The first kappa shape index (κ1) is 23.1. The summed E-state index contributed by atoms with van der Waals surface area (Å²) in [5.41, 5.74) is 1.55. The van der Waals surface area contributed by atoms with Crippen molar-refractivity contribution in [3.05, 3.63) is 53.6 Å². The number of ether oxygens (including phenoxy) is 3. The van der Waals surface area contributed by atoms with Crippen molar-refractivity contribution in [2.24, 2.45) is 0 Å². The van der Waals surface area contributed by atoms with Gasteiger partial charge >= 0.3 is 11.8 Å². The maximum Gasteiger partial charge on any atom is 0.313 e. The third-order valence-corrected chi connectivity index (χ3v) is 5.06. The second-order valence-electron chi connectivity index (χ2n) is 7.10. The van der Waals surface area contributed by atoms with Crippen LogP contribution in [0.1, 0.15) is 15.9 Å². The van der Waals surface area contributed by atoms with Gasteiger partial charge in [-0.15, -0.1) is 0 Å². The first-order chi connectivity index (χ1) is 15.5. The number of methoxy groups -OCH3 is 2. The topological polar surface area (TPSA) is 106 Å². The predicted molar refractivity (Wildman–Crippen MR) is 118 cm³/mol. The van der Waals surface area contributed by atoms with E-state index < -0.39 is 11.8 Å². The third-order valence-electron chi connectivity index (χ3n) is 5.06. The summed E-state index contributed by atoms with van der Waals surface area (Å²) in [5, 5.41) is 5.14. The molecule has 1 heterocycles. The van der Waals surface area contributed by atoms with Gasteiger partial charge in [0.1, 0.15) is 0 Å². The first-order valence-corrected chi connectivity index (χ1v) is 10.3. The van der Waals surface area contributed by atoms with Crippen LogP contribution in [-0.2, 0) is 20.7 Å². The molecular weight excluding hydrogens is 414 g/mol. The highest BCUT2D eigenvalue weighted by molar-refractivity contribution is 6.40. The molecule has 0 unspecified atom stereocenters. The summed E-state index contributed by atoms with van der Waals surface area (Å²) in [6, 6.07) is 12.1. The molecule has 9 nitrogen and oxygen atoms in total. The molecule has 9 heteroatoms. The smallest absolute Gasteiger partial charge is 0.313 e. The molecule has 170 valence electrons. The molecule has 2 aromatic carbocycles. The molecule has 0 aliphatic carbocycles. The number of morpholine rings is 1. The van der Waals surface area contributed by atoms with Gasteiger partial charge in [-0.3, -0.25) is 14.4 Å². The Bertz CT molecular complexity index is 972. The van der Waals surface area contributed by atoms with Crippen molar-refractivity contribution in [3.8, 4) is 11.5 Å². The second kappa shape index (κ2) is 11.1. The predicted octanol–water partition coefficient (Wildman–Crippen LogP) is 1.47. The molecule has 3 rings (SSSR count). The molecular formula is C23H27N3O6. The minimum absolute atomic E-state index is 0.210. The van der Waals surface area contributed by atoms with Crippen molar-refractivity contribution in [2.45, 2.75) is 6.42 Å². The van der Waals surface area contributed by atoms with E-state index in [1.165, 1.54) is 0 Å². The number of anilines is 1. The first-order valence-electron chi connectivity index (χ1n) is 10.3. The van der Waals surface area contributed by atoms with Crippen LogP contribution < -0.4 is 20.1 Å². The lowest BCUT2D eigenvalue weighted by molar-refractivity contribution is -0.136. The van der Waals surface area contributed by atoms with Gasteiger partial charge in [-0.05, 0) is 36.2 Å². The summed E-state index contributed by atoms with van der Waals surface area (Å²) in [4.78, 5) is 39.1. The highest BCUT2D eigenvalue weighted by Crippen LogP contribution is 2.27. The lowest BCUT2D eigenvalue weighted by Crippen LogP contribution is -2.41. The molecule has 1 saturated heterocycles. The van der Waals surface area contributed by atoms with Crippen LogP contribution in [0, 0.1) is 0 Å². The van der Waals surface area contributed by atoms with Gasteiger partial charge in [0.2, 0.25) is 0 Å². The lowest BCUT2D eigenvalue weighted by Gasteiger charge is -2.27. The number of rotatable bonds is 7. The molecule has 0 bridgehead atoms. The summed E-state index contributed by atoms with van der Waals surface area (Å²) in [6.07, 6.45) is 0.505. The van der Waals surface area contributed by atoms with E-state index in [2.05, 4.69) is 10.6 Å². The fourth-order valence-corrected chi connectivity index (χ4v) is 3.33. The van der Waals surface area contributed by atoms with Crippen LogP contribution in [0.25, 0.3) is 0 Å². The highest BCUT2D eigenvalue weighted by Gasteiger charge is 2.23. The van der Waals surface area contributed by atoms with Crippen LogP contribution in [0.4, 0.5) is 5.69 Å². The van der Waals surface area contributed by atoms with E-state index in [4.69, 9.17) is 14.2 Å². The van der Waals surface area contributed by atoms with Crippen molar-refractivity contribution in [1.82, 2.24) is 10.2 Å². The van der Waals surface area contributed by atoms with Gasteiger partial charge < -0.3 is 29.7 Å². The Morgan fingerprint density at radius 2 is 1.69 bits per heavy atom. The van der Waals surface area contributed by atoms with Gasteiger partial charge in [0.05, 0.1) is 38.7 Å². The quantitative estimate of drug-likeness (QED) is 0.631. The van der Waals surface area contributed by atoms with Gasteiger partial charge in [-0.1, -0.05) is 18.2 Å². The molecule has 0 saturated carbocycles. The summed E-state index contributed by atoms with van der Waals surface area (Å²) < 4.78 is 15.8. The van der Waals surface area contributed by atoms with Crippen LogP contribution in [0.15, 0.2) is 42.5 Å². The summed E-state index contributed by atoms with van der Waals surface area (Å²) in [6.45, 7) is 2.18. The maximum atomic E-state index is 12.8. The Hall–Kier alpha value is -3.59. The van der Waals surface area contributed by atoms with Gasteiger partial charge in [0, 0.05) is 19.6 Å². The minimum Gasteiger partial charge on any atom is -0.493 e. The van der Waals surface area contributed by atoms with E-state index in [-0.39, 0.29) is 12.5 Å². The number of amides is 3. The Labute approximate surface area is 186 Å². The van der Waals surface area contributed by atoms with E-state index in [9.17, 15) is 14.4 Å². The SMILES string of the molecule is COc1ccc(CCNC(=O)C(=O)Nc2ccccc2C(=O)N2CCOCC2)cc1OC. The summed E-state index contributed by atoms with van der Waals surface area (Å²) >= 11 is 0. The summed E-state index contributed by atoms with van der Waals surface area (Å²) in [5.74, 6) is -0.614. The average Bonchev–Trinajstić information content (AvgIpc) is 2.84. The normalized spacial score (nSPS) is 13.2. The minimum atomic E-state index is -0.834. The number of carbonyl (C=O) groups excluding carboxylic acids is 3. The van der Waals surface area contributed by atoms with Crippen molar-refractivity contribution >= 4 is 23.4 Å². The largest absolute Gasteiger partial charge is 0.493 e. The molecule has 3 amide bonds. The van der Waals surface area contributed by atoms with Crippen molar-refractivity contribution in [1.29, 1.82) is 0 Å². The van der Waals surface area contributed by atoms with Crippen LogP contribution in [-0.4, -0.2) is 69.7 Å². The Kier molecular flexibility index (Phi) is 8.04. The molecule has 0 atom stereocenters. The lowest BCUT2D eigenvalue weighted by atomic mass is 10.1. The Balaban J connectivity index is 1.56. The number of carbonyl (C=O) groups is 3. The van der Waals surface area contributed by atoms with E-state index in [0.29, 0.717) is 55.5 Å². The van der Waals surface area contributed by atoms with Gasteiger partial charge in [0.25, 0.3) is 5.91 Å². The number of hydrogen-bond acceptors (Lipinski definition) is 6. The Morgan fingerprint density at radius 1 is 0.969 bits per heavy atom. The molecule has 2 N–H and O–H groups in total. The number of benzene rings is 2. The van der Waals surface area contributed by atoms with Crippen molar-refractivity contribution in [2.75, 3.05) is 52.4 Å². The standard InChI is InChI=1S/C23H27N3O6/c1-30-19-8-7-16(15-20(19)31-2)9-10-24-21(27)22(28)25-18-6-4-3-5-17(18)23(29)26-11-13-32-14-12-26/h3-8,15H,9-14H2,1-2H3,(H,24,27)(H,25,28). The van der Waals surface area contributed by atoms with E-state index >= 15 is 0 Å². The number of para-hydroxylation sites is 1. The van der Waals surface area contributed by atoms with Crippen LogP contribution in [0.2, 0.25) is 0 Å². The number of nitrogens with zero attached hydrogens (tertiary/aromatic N) is 1. The molecule has 2 aromatic rings. The molecule has 0 radical (unpaired) electrons. The zero-order chi connectivity index (χ0) is 22.9. The molecule has 1 aliphatic rings. The molecule has 32 heavy (non-hydrogen) atoms. The molecule has 0 aromatic heterocycles. The Morgan fingerprint density at radius 3 is 2.41 bits per heavy atom. The fourth-order valence-electron chi connectivity index (χ4n) is 3.33. The zero-order valence-electron chi connectivity index (χ0n) is 18.2. The summed E-state index contributed by atoms with van der Waals surface area (Å²) in [7, 11) is 3.11. The van der Waals surface area contributed by atoms with Crippen molar-refractivity contribution < 1.29 is 28.6 Å². The second-order valence-corrected chi connectivity index (χ2v) is 7.10. The average molecular weight is 441 g/mol. The number of nitrogens with one attached hydrogen (secondary N) is 2. The van der Waals surface area contributed by atoms with E-state index in [0.717, 1.165) is 5.56 Å². The molecule has 1 aliphatic heterocycles. The highest BCUT2D eigenvalue weighted by atomic mass is 16.5. The van der Waals surface area contributed by atoms with E-state index in [1.54, 1.807) is 49.5 Å². The number of hydrogen-bond donors (Lipinski definition) is 2. The zero-order valence-corrected chi connectivity index (χ0v) is 18.2. The van der Waals surface area contributed by atoms with Crippen LogP contribution in [0.5, 0.6) is 11.5 Å². The van der Waals surface area contributed by atoms with Crippen LogP contribution in [0.3, 0.4) is 0 Å². The van der Waals surface area contributed by atoms with Gasteiger partial charge in [-0.2, -0.15) is 0 Å².